The van der Waals surface area contributed by atoms with E-state index < -0.39 is 0 Å². The molecule has 0 N–H and O–H groups in total. The molecule has 1 heterocycles. The highest BCUT2D eigenvalue weighted by Crippen LogP contribution is 2.35. The van der Waals surface area contributed by atoms with Gasteiger partial charge in [0, 0.05) is 5.33 Å². The monoisotopic (exact) mass is 233 g/mol. The molecule has 0 unspecified atom stereocenters. The summed E-state index contributed by atoms with van der Waals surface area (Å²) in [7, 11) is 2.22. The Labute approximate surface area is 84.6 Å². The molecule has 0 aromatic carbocycles. The lowest BCUT2D eigenvalue weighted by Crippen LogP contribution is -2.37. The van der Waals surface area contributed by atoms with Crippen molar-refractivity contribution < 1.29 is 0 Å². The predicted molar refractivity (Wildman–Crippen MR) is 57.8 cm³/mol. The van der Waals surface area contributed by atoms with Crippen LogP contribution in [0, 0.1) is 11.3 Å². The van der Waals surface area contributed by atoms with Gasteiger partial charge in [0.1, 0.15) is 0 Å². The van der Waals surface area contributed by atoms with E-state index in [9.17, 15) is 0 Å². The summed E-state index contributed by atoms with van der Waals surface area (Å²) in [6, 6.07) is 0. The third kappa shape index (κ3) is 2.46. The predicted octanol–water partition coefficient (Wildman–Crippen LogP) is 2.75. The van der Waals surface area contributed by atoms with E-state index in [1.165, 1.54) is 25.9 Å². The smallest absolute Gasteiger partial charge is 0.00853 e. The Morgan fingerprint density at radius 2 is 1.83 bits per heavy atom. The molecule has 0 aromatic heterocycles. The lowest BCUT2D eigenvalue weighted by molar-refractivity contribution is 0.133. The fourth-order valence-electron chi connectivity index (χ4n) is 1.90. The van der Waals surface area contributed by atoms with Crippen molar-refractivity contribution in [2.24, 2.45) is 11.3 Å². The highest BCUT2D eigenvalue weighted by atomic mass is 79.9. The summed E-state index contributed by atoms with van der Waals surface area (Å²) in [4.78, 5) is 2.43. The first-order valence-corrected chi connectivity index (χ1v) is 5.93. The minimum Gasteiger partial charge on any atom is -0.306 e. The van der Waals surface area contributed by atoms with E-state index in [1.807, 2.05) is 0 Å². The van der Waals surface area contributed by atoms with Crippen molar-refractivity contribution in [1.82, 2.24) is 4.90 Å². The van der Waals surface area contributed by atoms with Crippen LogP contribution >= 0.6 is 15.9 Å². The Hall–Kier alpha value is 0.440. The van der Waals surface area contributed by atoms with E-state index in [0.29, 0.717) is 5.41 Å². The maximum Gasteiger partial charge on any atom is 0.00853 e. The van der Waals surface area contributed by atoms with E-state index in [0.717, 1.165) is 11.2 Å². The SMILES string of the molecule is CN1CCC(C(C)(C)CBr)CC1. The normalized spacial score (nSPS) is 23.0. The largest absolute Gasteiger partial charge is 0.306 e. The van der Waals surface area contributed by atoms with Crippen LogP contribution in [0.5, 0.6) is 0 Å². The molecule has 0 saturated carbocycles. The number of halogens is 1. The minimum atomic E-state index is 0.487. The molecule has 1 saturated heterocycles. The van der Waals surface area contributed by atoms with Crippen molar-refractivity contribution in [3.8, 4) is 0 Å². The van der Waals surface area contributed by atoms with Gasteiger partial charge in [0.05, 0.1) is 0 Å². The zero-order valence-electron chi connectivity index (χ0n) is 8.44. The van der Waals surface area contributed by atoms with Gasteiger partial charge in [0.2, 0.25) is 0 Å². The Kier molecular flexibility index (Phi) is 3.59. The molecule has 1 fully saturated rings. The van der Waals surface area contributed by atoms with E-state index in [2.05, 4.69) is 41.7 Å². The van der Waals surface area contributed by atoms with Crippen molar-refractivity contribution in [2.75, 3.05) is 25.5 Å². The Morgan fingerprint density at radius 1 is 1.33 bits per heavy atom. The van der Waals surface area contributed by atoms with Crippen LogP contribution in [-0.2, 0) is 0 Å². The van der Waals surface area contributed by atoms with E-state index >= 15 is 0 Å². The fraction of sp³-hybridized carbons (Fsp3) is 1.00. The zero-order chi connectivity index (χ0) is 9.19. The fourth-order valence-corrected chi connectivity index (χ4v) is 2.36. The maximum absolute atomic E-state index is 3.61. The first-order valence-electron chi connectivity index (χ1n) is 4.81. The first-order chi connectivity index (χ1) is 5.56. The van der Waals surface area contributed by atoms with Gasteiger partial charge < -0.3 is 4.90 Å². The average molecular weight is 234 g/mol. The number of rotatable bonds is 2. The van der Waals surface area contributed by atoms with Gasteiger partial charge in [-0.15, -0.1) is 0 Å². The highest BCUT2D eigenvalue weighted by Gasteiger charge is 2.30. The zero-order valence-corrected chi connectivity index (χ0v) is 10.0. The van der Waals surface area contributed by atoms with Crippen LogP contribution in [0.3, 0.4) is 0 Å². The summed E-state index contributed by atoms with van der Waals surface area (Å²) < 4.78 is 0. The van der Waals surface area contributed by atoms with Crippen molar-refractivity contribution in [1.29, 1.82) is 0 Å². The molecule has 0 bridgehead atoms. The third-order valence-corrected chi connectivity index (χ3v) is 4.61. The van der Waals surface area contributed by atoms with Gasteiger partial charge in [-0.3, -0.25) is 0 Å². The molecule has 0 amide bonds. The number of hydrogen-bond donors (Lipinski definition) is 0. The van der Waals surface area contributed by atoms with Crippen LogP contribution in [0.1, 0.15) is 26.7 Å². The summed E-state index contributed by atoms with van der Waals surface area (Å²) in [6.07, 6.45) is 2.74. The third-order valence-electron chi connectivity index (χ3n) is 3.17. The first kappa shape index (κ1) is 10.5. The molecule has 1 aliphatic heterocycles. The minimum absolute atomic E-state index is 0.487. The molecule has 72 valence electrons. The molecule has 0 aromatic rings. The molecular weight excluding hydrogens is 214 g/mol. The van der Waals surface area contributed by atoms with Crippen molar-refractivity contribution in [3.05, 3.63) is 0 Å². The number of hydrogen-bond acceptors (Lipinski definition) is 1. The second kappa shape index (κ2) is 4.10. The van der Waals surface area contributed by atoms with Crippen LogP contribution in [0.15, 0.2) is 0 Å². The van der Waals surface area contributed by atoms with Crippen molar-refractivity contribution in [3.63, 3.8) is 0 Å². The van der Waals surface area contributed by atoms with E-state index in [-0.39, 0.29) is 0 Å². The highest BCUT2D eigenvalue weighted by molar-refractivity contribution is 9.09. The second-order valence-electron chi connectivity index (χ2n) is 4.70. The molecule has 0 aliphatic carbocycles. The molecule has 0 spiro atoms. The van der Waals surface area contributed by atoms with Gasteiger partial charge in [0.25, 0.3) is 0 Å². The summed E-state index contributed by atoms with van der Waals surface area (Å²) in [5, 5.41) is 1.13. The lowest BCUT2D eigenvalue weighted by atomic mass is 9.75. The quantitative estimate of drug-likeness (QED) is 0.664. The molecular formula is C10H20BrN. The van der Waals surface area contributed by atoms with Gasteiger partial charge in [0.15, 0.2) is 0 Å². The molecule has 1 nitrogen and oxygen atoms in total. The average Bonchev–Trinajstić information content (AvgIpc) is 2.05. The number of likely N-dealkylation sites (tertiary alicyclic amines) is 1. The summed E-state index contributed by atoms with van der Waals surface area (Å²) in [6.45, 7) is 7.30. The summed E-state index contributed by atoms with van der Waals surface area (Å²) in [5.74, 6) is 0.910. The molecule has 1 aliphatic rings. The van der Waals surface area contributed by atoms with Crippen LogP contribution < -0.4 is 0 Å². The van der Waals surface area contributed by atoms with Gasteiger partial charge >= 0.3 is 0 Å². The Morgan fingerprint density at radius 3 is 2.25 bits per heavy atom. The maximum atomic E-state index is 3.61. The number of nitrogens with zero attached hydrogens (tertiary/aromatic N) is 1. The van der Waals surface area contributed by atoms with Crippen LogP contribution in [0.25, 0.3) is 0 Å². The standard InChI is InChI=1S/C10H20BrN/c1-10(2,8-11)9-4-6-12(3)7-5-9/h9H,4-8H2,1-3H3. The Bertz CT molecular complexity index is 137. The van der Waals surface area contributed by atoms with Gasteiger partial charge in [-0.1, -0.05) is 29.8 Å². The van der Waals surface area contributed by atoms with Gasteiger partial charge in [-0.05, 0) is 44.3 Å². The summed E-state index contributed by atoms with van der Waals surface area (Å²) in [5.41, 5.74) is 0.487. The van der Waals surface area contributed by atoms with Crippen LogP contribution in [-0.4, -0.2) is 30.4 Å². The van der Waals surface area contributed by atoms with E-state index in [4.69, 9.17) is 0 Å². The van der Waals surface area contributed by atoms with Crippen molar-refractivity contribution in [2.45, 2.75) is 26.7 Å². The second-order valence-corrected chi connectivity index (χ2v) is 5.26. The Balaban J connectivity index is 2.44. The number of alkyl halides is 1. The van der Waals surface area contributed by atoms with Crippen molar-refractivity contribution >= 4 is 15.9 Å². The molecule has 1 rings (SSSR count). The van der Waals surface area contributed by atoms with Crippen LogP contribution in [0.4, 0.5) is 0 Å². The van der Waals surface area contributed by atoms with E-state index in [1.54, 1.807) is 0 Å². The molecule has 2 heteroatoms. The van der Waals surface area contributed by atoms with Gasteiger partial charge in [-0.2, -0.15) is 0 Å². The number of piperidine rings is 1. The molecule has 0 atom stereocenters. The summed E-state index contributed by atoms with van der Waals surface area (Å²) >= 11 is 3.61. The lowest BCUT2D eigenvalue weighted by Gasteiger charge is -2.38. The molecule has 0 radical (unpaired) electrons. The van der Waals surface area contributed by atoms with Gasteiger partial charge in [-0.25, -0.2) is 0 Å². The molecule has 12 heavy (non-hydrogen) atoms. The topological polar surface area (TPSA) is 3.24 Å². The van der Waals surface area contributed by atoms with Crippen LogP contribution in [0.2, 0.25) is 0 Å².